The minimum absolute atomic E-state index is 0.177. The molecule has 0 radical (unpaired) electrons. The van der Waals surface area contributed by atoms with E-state index in [-0.39, 0.29) is 12.2 Å². The maximum absolute atomic E-state index is 5.62. The maximum atomic E-state index is 5.62. The molecule has 1 N–H and O–H groups in total. The Hall–Kier alpha value is -2.10. The predicted molar refractivity (Wildman–Crippen MR) is 130 cm³/mol. The molecule has 2 aromatic rings. The molecule has 0 aromatic carbocycles. The molecule has 1 saturated heterocycles. The number of aromatic nitrogens is 5. The van der Waals surface area contributed by atoms with Crippen LogP contribution in [-0.2, 0) is 15.9 Å². The summed E-state index contributed by atoms with van der Waals surface area (Å²) in [6.45, 7) is 7.55. The lowest BCUT2D eigenvalue weighted by molar-refractivity contribution is -0.00461. The van der Waals surface area contributed by atoms with Crippen molar-refractivity contribution >= 4 is 5.82 Å². The second-order valence-corrected chi connectivity index (χ2v) is 10.7. The van der Waals surface area contributed by atoms with E-state index < -0.39 is 0 Å². The first-order chi connectivity index (χ1) is 16.5. The molecule has 0 unspecified atom stereocenters. The van der Waals surface area contributed by atoms with Gasteiger partial charge in [0.05, 0.1) is 24.1 Å². The monoisotopic (exact) mass is 469 g/mol. The summed E-state index contributed by atoms with van der Waals surface area (Å²) >= 11 is 0. The van der Waals surface area contributed by atoms with E-state index in [1.165, 1.54) is 25.7 Å². The number of ether oxygens (including phenoxy) is 2. The Bertz CT molecular complexity index is 956. The number of hydrogen-bond donors (Lipinski definition) is 1. The van der Waals surface area contributed by atoms with Crippen molar-refractivity contribution in [1.82, 2.24) is 29.9 Å². The quantitative estimate of drug-likeness (QED) is 0.599. The average Bonchev–Trinajstić information content (AvgIpc) is 3.48. The van der Waals surface area contributed by atoms with Crippen molar-refractivity contribution < 1.29 is 9.47 Å². The lowest BCUT2D eigenvalue weighted by Crippen LogP contribution is -2.40. The van der Waals surface area contributed by atoms with E-state index in [2.05, 4.69) is 40.3 Å². The molecule has 34 heavy (non-hydrogen) atoms. The Morgan fingerprint density at radius 1 is 1.09 bits per heavy atom. The molecule has 2 atom stereocenters. The summed E-state index contributed by atoms with van der Waals surface area (Å²) in [7, 11) is 3.57. The number of methoxy groups -OCH3 is 2. The molecule has 9 nitrogen and oxygen atoms in total. The number of likely N-dealkylation sites (tertiary alicyclic amines) is 1. The maximum Gasteiger partial charge on any atom is 0.151 e. The van der Waals surface area contributed by atoms with Gasteiger partial charge in [0.15, 0.2) is 11.6 Å². The second kappa shape index (κ2) is 9.87. The molecule has 3 heterocycles. The van der Waals surface area contributed by atoms with Crippen LogP contribution in [0.5, 0.6) is 0 Å². The molecule has 0 spiro atoms. The van der Waals surface area contributed by atoms with Gasteiger partial charge in [-0.2, -0.15) is 10.2 Å². The highest BCUT2D eigenvalue weighted by Gasteiger charge is 2.39. The molecule has 3 aliphatic rings. The smallest absolute Gasteiger partial charge is 0.151 e. The van der Waals surface area contributed by atoms with Crippen molar-refractivity contribution in [3.05, 3.63) is 23.9 Å². The topological polar surface area (TPSA) is 90.2 Å². The zero-order valence-electron chi connectivity index (χ0n) is 21.0. The SMILES string of the molecule is CCc1nc(C2CC2)n(-c2cnnc(NC3CCC(C)(CN4C[C@H](OC)[C@@H](OC)C4)CC3)c2)n1. The van der Waals surface area contributed by atoms with E-state index in [9.17, 15) is 0 Å². The Kier molecular flexibility index (Phi) is 6.86. The van der Waals surface area contributed by atoms with Crippen LogP contribution in [0, 0.1) is 5.41 Å². The highest BCUT2D eigenvalue weighted by Crippen LogP contribution is 2.40. The van der Waals surface area contributed by atoms with Gasteiger partial charge in [0.25, 0.3) is 0 Å². The number of nitrogens with zero attached hydrogens (tertiary/aromatic N) is 6. The standard InChI is InChI=1S/C25H39N7O2/c1-5-22-28-24(17-6-7-17)32(30-22)19-12-23(29-26-13-19)27-18-8-10-25(2,11-9-18)16-31-14-20(33-3)21(15-31)34-4/h12-13,17-18,20-21H,5-11,14-16H2,1-4H3,(H,27,29)/t18?,20-,21-,25?/m0/s1. The van der Waals surface area contributed by atoms with Crippen molar-refractivity contribution in [2.24, 2.45) is 5.41 Å². The Morgan fingerprint density at radius 3 is 2.41 bits per heavy atom. The van der Waals surface area contributed by atoms with Gasteiger partial charge in [-0.1, -0.05) is 13.8 Å². The van der Waals surface area contributed by atoms with Crippen molar-refractivity contribution in [2.45, 2.75) is 83.0 Å². The Morgan fingerprint density at radius 2 is 1.79 bits per heavy atom. The van der Waals surface area contributed by atoms with Crippen molar-refractivity contribution in [1.29, 1.82) is 0 Å². The van der Waals surface area contributed by atoms with Crippen LogP contribution in [0.15, 0.2) is 12.3 Å². The molecule has 2 saturated carbocycles. The molecular formula is C25H39N7O2. The molecule has 1 aliphatic heterocycles. The molecule has 0 bridgehead atoms. The number of rotatable bonds is 9. The first-order valence-corrected chi connectivity index (χ1v) is 12.8. The fourth-order valence-corrected chi connectivity index (χ4v) is 5.62. The van der Waals surface area contributed by atoms with Gasteiger partial charge >= 0.3 is 0 Å². The van der Waals surface area contributed by atoms with Gasteiger partial charge in [0, 0.05) is 58.3 Å². The molecular weight excluding hydrogens is 430 g/mol. The van der Waals surface area contributed by atoms with Gasteiger partial charge < -0.3 is 14.8 Å². The summed E-state index contributed by atoms with van der Waals surface area (Å²) in [6, 6.07) is 2.49. The fourth-order valence-electron chi connectivity index (χ4n) is 5.62. The molecule has 9 heteroatoms. The summed E-state index contributed by atoms with van der Waals surface area (Å²) in [6.07, 6.45) is 10.0. The zero-order valence-corrected chi connectivity index (χ0v) is 21.0. The molecule has 5 rings (SSSR count). The number of anilines is 1. The van der Waals surface area contributed by atoms with Gasteiger partial charge in [-0.25, -0.2) is 9.67 Å². The van der Waals surface area contributed by atoms with E-state index in [0.29, 0.717) is 17.4 Å². The molecule has 3 fully saturated rings. The van der Waals surface area contributed by atoms with E-state index in [0.717, 1.165) is 62.1 Å². The van der Waals surface area contributed by atoms with Crippen LogP contribution in [0.3, 0.4) is 0 Å². The second-order valence-electron chi connectivity index (χ2n) is 10.7. The normalized spacial score (nSPS) is 30.1. The van der Waals surface area contributed by atoms with Crippen molar-refractivity contribution in [3.8, 4) is 5.69 Å². The van der Waals surface area contributed by atoms with Crippen LogP contribution in [0.2, 0.25) is 0 Å². The van der Waals surface area contributed by atoms with E-state index in [1.54, 1.807) is 20.4 Å². The predicted octanol–water partition coefficient (Wildman–Crippen LogP) is 3.20. The molecule has 0 amide bonds. The van der Waals surface area contributed by atoms with Gasteiger partial charge in [0.1, 0.15) is 5.82 Å². The number of nitrogens with one attached hydrogen (secondary N) is 1. The molecule has 2 aromatic heterocycles. The zero-order chi connectivity index (χ0) is 23.7. The summed E-state index contributed by atoms with van der Waals surface area (Å²) in [5.41, 5.74) is 1.27. The third kappa shape index (κ3) is 5.11. The lowest BCUT2D eigenvalue weighted by atomic mass is 9.73. The highest BCUT2D eigenvalue weighted by molar-refractivity contribution is 5.44. The van der Waals surface area contributed by atoms with Crippen LogP contribution in [0.25, 0.3) is 5.69 Å². The van der Waals surface area contributed by atoms with E-state index in [4.69, 9.17) is 19.6 Å². The Labute approximate surface area is 202 Å². The van der Waals surface area contributed by atoms with Gasteiger partial charge in [-0.15, -0.1) is 5.10 Å². The van der Waals surface area contributed by atoms with Crippen LogP contribution in [0.4, 0.5) is 5.82 Å². The number of aryl methyl sites for hydroxylation is 1. The summed E-state index contributed by atoms with van der Waals surface area (Å²) in [4.78, 5) is 7.27. The first kappa shape index (κ1) is 23.6. The van der Waals surface area contributed by atoms with Crippen LogP contribution >= 0.6 is 0 Å². The number of hydrogen-bond acceptors (Lipinski definition) is 8. The Balaban J connectivity index is 1.19. The van der Waals surface area contributed by atoms with Gasteiger partial charge in [-0.3, -0.25) is 4.90 Å². The third-order valence-electron chi connectivity index (χ3n) is 7.87. The average molecular weight is 470 g/mol. The van der Waals surface area contributed by atoms with Crippen LogP contribution in [0.1, 0.15) is 69.9 Å². The van der Waals surface area contributed by atoms with Gasteiger partial charge in [-0.05, 0) is 43.9 Å². The third-order valence-corrected chi connectivity index (χ3v) is 7.87. The van der Waals surface area contributed by atoms with Crippen molar-refractivity contribution in [3.63, 3.8) is 0 Å². The summed E-state index contributed by atoms with van der Waals surface area (Å²) in [5.74, 6) is 3.32. The lowest BCUT2D eigenvalue weighted by Gasteiger charge is -2.40. The summed E-state index contributed by atoms with van der Waals surface area (Å²) < 4.78 is 13.2. The van der Waals surface area contributed by atoms with E-state index in [1.807, 2.05) is 4.68 Å². The minimum atomic E-state index is 0.177. The molecule has 186 valence electrons. The van der Waals surface area contributed by atoms with Crippen molar-refractivity contribution in [2.75, 3.05) is 39.2 Å². The highest BCUT2D eigenvalue weighted by atomic mass is 16.5. The van der Waals surface area contributed by atoms with Crippen LogP contribution < -0.4 is 5.32 Å². The minimum Gasteiger partial charge on any atom is -0.377 e. The summed E-state index contributed by atoms with van der Waals surface area (Å²) in [5, 5.41) is 17.0. The van der Waals surface area contributed by atoms with Crippen LogP contribution in [-0.4, -0.2) is 82.0 Å². The largest absolute Gasteiger partial charge is 0.377 e. The molecule has 2 aliphatic carbocycles. The van der Waals surface area contributed by atoms with E-state index >= 15 is 0 Å². The van der Waals surface area contributed by atoms with Gasteiger partial charge in [0.2, 0.25) is 0 Å². The first-order valence-electron chi connectivity index (χ1n) is 12.8. The fraction of sp³-hybridized carbons (Fsp3) is 0.760.